The fourth-order valence-corrected chi connectivity index (χ4v) is 4.68. The molecule has 5 rings (SSSR count). The lowest BCUT2D eigenvalue weighted by Gasteiger charge is -2.28. The fourth-order valence-electron chi connectivity index (χ4n) is 4.68. The van der Waals surface area contributed by atoms with Gasteiger partial charge in [-0.25, -0.2) is 0 Å². The summed E-state index contributed by atoms with van der Waals surface area (Å²) in [6, 6.07) is 10.3. The number of phenols is 1. The second-order valence-corrected chi connectivity index (χ2v) is 9.93. The van der Waals surface area contributed by atoms with E-state index in [2.05, 4.69) is 10.9 Å². The van der Waals surface area contributed by atoms with Crippen LogP contribution in [-0.4, -0.2) is 72.4 Å². The number of ether oxygens (including phenoxy) is 6. The zero-order chi connectivity index (χ0) is 25.7. The summed E-state index contributed by atoms with van der Waals surface area (Å²) in [4.78, 5) is 25.1. The van der Waals surface area contributed by atoms with Crippen molar-refractivity contribution in [2.45, 2.75) is 70.0 Å². The largest absolute Gasteiger partial charge is 0.507 e. The molecule has 3 heterocycles. The Balaban J connectivity index is 1.20. The van der Waals surface area contributed by atoms with E-state index in [1.165, 1.54) is 6.07 Å². The molecule has 3 aliphatic heterocycles. The number of amides is 2. The summed E-state index contributed by atoms with van der Waals surface area (Å²) in [6.07, 6.45) is -2.96. The number of carbonyl (C=O) groups is 2. The van der Waals surface area contributed by atoms with Crippen molar-refractivity contribution in [3.63, 3.8) is 0 Å². The van der Waals surface area contributed by atoms with Crippen LogP contribution >= 0.6 is 0 Å². The zero-order valence-electron chi connectivity index (χ0n) is 20.5. The van der Waals surface area contributed by atoms with Gasteiger partial charge in [-0.05, 0) is 50.6 Å². The molecule has 0 aliphatic carbocycles. The van der Waals surface area contributed by atoms with Gasteiger partial charge in [-0.2, -0.15) is 0 Å². The molecular weight excluding hydrogens is 472 g/mol. The van der Waals surface area contributed by atoms with Gasteiger partial charge < -0.3 is 33.5 Å². The normalized spacial score (nSPS) is 30.3. The third-order valence-corrected chi connectivity index (χ3v) is 6.25. The van der Waals surface area contributed by atoms with Crippen LogP contribution in [0.1, 0.15) is 38.1 Å². The van der Waals surface area contributed by atoms with Crippen molar-refractivity contribution < 1.29 is 43.1 Å². The Bertz CT molecular complexity index is 1170. The Morgan fingerprint density at radius 3 is 2.42 bits per heavy atom. The molecule has 3 N–H and O–H groups in total. The second-order valence-electron chi connectivity index (χ2n) is 9.93. The number of fused-ring (bicyclic) bond motifs is 2. The Hall–Kier alpha value is -2.80. The molecule has 0 spiro atoms. The molecule has 11 heteroatoms. The summed E-state index contributed by atoms with van der Waals surface area (Å²) in [5, 5.41) is 11.8. The highest BCUT2D eigenvalue weighted by Gasteiger charge is 2.59. The maximum absolute atomic E-state index is 12.6. The minimum absolute atomic E-state index is 0.0294. The molecule has 36 heavy (non-hydrogen) atoms. The van der Waals surface area contributed by atoms with Crippen LogP contribution in [0.3, 0.4) is 0 Å². The SMILES string of the molecule is CC1(C)OCC([C@H]2O[C@@H]3OC(C)(C)O[C@@H]3[C@H]2OCC(=O)NNC(=O)c2cc3ccccc3cc2O)O1. The van der Waals surface area contributed by atoms with Gasteiger partial charge in [0.05, 0.1) is 12.2 Å². The maximum Gasteiger partial charge on any atom is 0.273 e. The highest BCUT2D eigenvalue weighted by molar-refractivity contribution is 6.02. The molecule has 1 unspecified atom stereocenters. The fraction of sp³-hybridized carbons (Fsp3) is 0.520. The number of hydrogen-bond acceptors (Lipinski definition) is 9. The van der Waals surface area contributed by atoms with E-state index >= 15 is 0 Å². The van der Waals surface area contributed by atoms with Crippen LogP contribution < -0.4 is 10.9 Å². The molecular formula is C25H30N2O9. The van der Waals surface area contributed by atoms with Crippen molar-refractivity contribution in [3.8, 4) is 5.75 Å². The number of benzene rings is 2. The van der Waals surface area contributed by atoms with E-state index in [1.54, 1.807) is 33.8 Å². The first-order valence-corrected chi connectivity index (χ1v) is 11.8. The van der Waals surface area contributed by atoms with Gasteiger partial charge in [-0.1, -0.05) is 24.3 Å². The minimum Gasteiger partial charge on any atom is -0.507 e. The van der Waals surface area contributed by atoms with Crippen molar-refractivity contribution in [1.82, 2.24) is 10.9 Å². The van der Waals surface area contributed by atoms with Crippen molar-refractivity contribution in [1.29, 1.82) is 0 Å². The number of nitrogens with one attached hydrogen (secondary N) is 2. The molecule has 11 nitrogen and oxygen atoms in total. The van der Waals surface area contributed by atoms with E-state index in [4.69, 9.17) is 28.4 Å². The van der Waals surface area contributed by atoms with Crippen molar-refractivity contribution >= 4 is 22.6 Å². The molecule has 2 amide bonds. The van der Waals surface area contributed by atoms with Gasteiger partial charge in [0.15, 0.2) is 17.9 Å². The van der Waals surface area contributed by atoms with E-state index in [9.17, 15) is 14.7 Å². The Morgan fingerprint density at radius 1 is 1.00 bits per heavy atom. The minimum atomic E-state index is -0.869. The smallest absolute Gasteiger partial charge is 0.273 e. The topological polar surface area (TPSA) is 134 Å². The predicted molar refractivity (Wildman–Crippen MR) is 125 cm³/mol. The molecule has 2 aromatic rings. The zero-order valence-corrected chi connectivity index (χ0v) is 20.5. The molecule has 0 saturated carbocycles. The van der Waals surface area contributed by atoms with Gasteiger partial charge in [0, 0.05) is 0 Å². The van der Waals surface area contributed by atoms with Gasteiger partial charge in [0.2, 0.25) is 0 Å². The van der Waals surface area contributed by atoms with Crippen LogP contribution in [0.5, 0.6) is 5.75 Å². The Labute approximate surface area is 207 Å². The van der Waals surface area contributed by atoms with Gasteiger partial charge in [0.25, 0.3) is 11.8 Å². The van der Waals surface area contributed by atoms with Crippen molar-refractivity contribution in [3.05, 3.63) is 42.0 Å². The van der Waals surface area contributed by atoms with Crippen LogP contribution in [-0.2, 0) is 33.2 Å². The molecule has 194 valence electrons. The molecule has 3 saturated heterocycles. The molecule has 3 aliphatic rings. The lowest BCUT2D eigenvalue weighted by Crippen LogP contribution is -2.47. The number of rotatable bonds is 5. The number of hydrazine groups is 1. The standard InChI is InChI=1S/C25H30N2O9/c1-24(2)32-11-17(34-24)19-20(21-23(33-19)36-25(3,4)35-21)31-12-18(29)26-27-22(30)15-9-13-7-5-6-8-14(13)10-16(15)28/h5-10,17,19-21,23,28H,11-12H2,1-4H3,(H,26,29)(H,27,30)/t17?,19-,20+,21-,23-/m1/s1. The lowest BCUT2D eigenvalue weighted by molar-refractivity contribution is -0.235. The second kappa shape index (κ2) is 9.25. The summed E-state index contributed by atoms with van der Waals surface area (Å²) in [7, 11) is 0. The third-order valence-electron chi connectivity index (χ3n) is 6.25. The lowest BCUT2D eigenvalue weighted by atomic mass is 10.1. The summed E-state index contributed by atoms with van der Waals surface area (Å²) >= 11 is 0. The first-order valence-electron chi connectivity index (χ1n) is 11.8. The monoisotopic (exact) mass is 502 g/mol. The molecule has 5 atom stereocenters. The summed E-state index contributed by atoms with van der Waals surface area (Å²) < 4.78 is 35.3. The average Bonchev–Trinajstić information content (AvgIpc) is 3.43. The highest BCUT2D eigenvalue weighted by atomic mass is 16.8. The van der Waals surface area contributed by atoms with E-state index in [0.29, 0.717) is 0 Å². The first-order chi connectivity index (χ1) is 17.0. The van der Waals surface area contributed by atoms with Crippen molar-refractivity contribution in [2.24, 2.45) is 0 Å². The van der Waals surface area contributed by atoms with Gasteiger partial charge in [-0.15, -0.1) is 0 Å². The molecule has 3 fully saturated rings. The van der Waals surface area contributed by atoms with Crippen LogP contribution in [0, 0.1) is 0 Å². The molecule has 0 bridgehead atoms. The highest BCUT2D eigenvalue weighted by Crippen LogP contribution is 2.41. The predicted octanol–water partition coefficient (Wildman–Crippen LogP) is 1.72. The van der Waals surface area contributed by atoms with Gasteiger partial charge in [-0.3, -0.25) is 20.4 Å². The first kappa shape index (κ1) is 24.9. The summed E-state index contributed by atoms with van der Waals surface area (Å²) in [5.74, 6) is -3.11. The number of hydrogen-bond donors (Lipinski definition) is 3. The van der Waals surface area contributed by atoms with Crippen LogP contribution in [0.4, 0.5) is 0 Å². The third kappa shape index (κ3) is 5.03. The summed E-state index contributed by atoms with van der Waals surface area (Å²) in [5.41, 5.74) is 4.65. The van der Waals surface area contributed by atoms with Crippen LogP contribution in [0.25, 0.3) is 10.8 Å². The van der Waals surface area contributed by atoms with Crippen LogP contribution in [0.2, 0.25) is 0 Å². The van der Waals surface area contributed by atoms with Crippen LogP contribution in [0.15, 0.2) is 36.4 Å². The molecule has 2 aromatic carbocycles. The molecule has 0 radical (unpaired) electrons. The van der Waals surface area contributed by atoms with E-state index in [-0.39, 0.29) is 17.9 Å². The van der Waals surface area contributed by atoms with E-state index < -0.39 is 60.7 Å². The van der Waals surface area contributed by atoms with E-state index in [0.717, 1.165) is 10.8 Å². The van der Waals surface area contributed by atoms with E-state index in [1.807, 2.05) is 24.3 Å². The Kier molecular flexibility index (Phi) is 6.39. The van der Waals surface area contributed by atoms with Gasteiger partial charge in [0.1, 0.15) is 36.8 Å². The Morgan fingerprint density at radius 2 is 1.72 bits per heavy atom. The molecule has 0 aromatic heterocycles. The number of phenolic OH excluding ortho intramolecular Hbond substituents is 1. The average molecular weight is 503 g/mol. The quantitative estimate of drug-likeness (QED) is 0.523. The van der Waals surface area contributed by atoms with Crippen molar-refractivity contribution in [2.75, 3.05) is 13.2 Å². The summed E-state index contributed by atoms with van der Waals surface area (Å²) in [6.45, 7) is 7.04. The van der Waals surface area contributed by atoms with Gasteiger partial charge >= 0.3 is 0 Å². The number of aromatic hydroxyl groups is 1. The number of carbonyl (C=O) groups excluding carboxylic acids is 2. The maximum atomic E-state index is 12.6.